The van der Waals surface area contributed by atoms with E-state index in [1.54, 1.807) is 16.8 Å². The maximum absolute atomic E-state index is 6.04. The highest BCUT2D eigenvalue weighted by atomic mass is 35.5. The molecule has 2 heterocycles. The summed E-state index contributed by atoms with van der Waals surface area (Å²) in [5.74, 6) is 0.616. The average molecular weight is 318 g/mol. The Kier molecular flexibility index (Phi) is 3.39. The summed E-state index contributed by atoms with van der Waals surface area (Å²) in [5.41, 5.74) is 0. The summed E-state index contributed by atoms with van der Waals surface area (Å²) in [6.45, 7) is 0. The van der Waals surface area contributed by atoms with Crippen molar-refractivity contribution in [3.63, 3.8) is 0 Å². The summed E-state index contributed by atoms with van der Waals surface area (Å²) < 4.78 is 3.27. The van der Waals surface area contributed by atoms with Gasteiger partial charge in [-0.3, -0.25) is 4.57 Å². The molecule has 2 aromatic rings. The predicted octanol–water partition coefficient (Wildman–Crippen LogP) is 5.08. The molecule has 0 saturated carbocycles. The number of hydrogen-bond donors (Lipinski definition) is 0. The van der Waals surface area contributed by atoms with Crippen LogP contribution in [0.3, 0.4) is 0 Å². The van der Waals surface area contributed by atoms with Crippen molar-refractivity contribution < 1.29 is 0 Å². The number of aromatic nitrogens is 2. The van der Waals surface area contributed by atoms with Crippen molar-refractivity contribution in [2.24, 2.45) is 7.05 Å². The van der Waals surface area contributed by atoms with Gasteiger partial charge in [0, 0.05) is 13.2 Å². The standard InChI is InChI=1S/C9H5Cl5N2/c1-15-3-2-4(10)9(15)16-7(13)5(11)6(12)8(16)14/h2-3H,1H3. The van der Waals surface area contributed by atoms with Gasteiger partial charge in [0.15, 0.2) is 0 Å². The SMILES string of the molecule is Cn1ccc(Cl)c1-n1c(Cl)c(Cl)c(Cl)c1Cl. The molecule has 0 fully saturated rings. The summed E-state index contributed by atoms with van der Waals surface area (Å²) >= 11 is 29.9. The lowest BCUT2D eigenvalue weighted by molar-refractivity contribution is 0.848. The van der Waals surface area contributed by atoms with Crippen molar-refractivity contribution in [1.82, 2.24) is 9.13 Å². The van der Waals surface area contributed by atoms with Gasteiger partial charge in [-0.25, -0.2) is 0 Å². The summed E-state index contributed by atoms with van der Waals surface area (Å²) in [7, 11) is 1.82. The topological polar surface area (TPSA) is 9.86 Å². The first-order chi connectivity index (χ1) is 7.45. The number of aryl methyl sites for hydroxylation is 1. The van der Waals surface area contributed by atoms with Crippen LogP contribution in [0.5, 0.6) is 0 Å². The van der Waals surface area contributed by atoms with Gasteiger partial charge in [0.25, 0.3) is 0 Å². The fraction of sp³-hybridized carbons (Fsp3) is 0.111. The molecule has 0 amide bonds. The smallest absolute Gasteiger partial charge is 0.138 e. The molecule has 86 valence electrons. The maximum atomic E-state index is 6.04. The van der Waals surface area contributed by atoms with Crippen LogP contribution in [-0.4, -0.2) is 9.13 Å². The molecule has 7 heteroatoms. The fourth-order valence-electron chi connectivity index (χ4n) is 1.40. The Morgan fingerprint density at radius 2 is 1.44 bits per heavy atom. The zero-order chi connectivity index (χ0) is 12.0. The summed E-state index contributed by atoms with van der Waals surface area (Å²) in [5, 5.41) is 1.41. The first kappa shape index (κ1) is 12.5. The predicted molar refractivity (Wildman–Crippen MR) is 69.8 cm³/mol. The molecule has 0 atom stereocenters. The monoisotopic (exact) mass is 316 g/mol. The molecule has 2 rings (SSSR count). The summed E-state index contributed by atoms with van der Waals surface area (Å²) in [6, 6.07) is 1.73. The van der Waals surface area contributed by atoms with Crippen molar-refractivity contribution in [3.8, 4) is 5.82 Å². The van der Waals surface area contributed by atoms with Crippen LogP contribution in [-0.2, 0) is 7.05 Å². The van der Waals surface area contributed by atoms with Crippen molar-refractivity contribution in [2.45, 2.75) is 0 Å². The van der Waals surface area contributed by atoms with Gasteiger partial charge in [-0.05, 0) is 6.07 Å². The molecule has 0 aliphatic rings. The minimum atomic E-state index is 0.214. The normalized spacial score (nSPS) is 11.1. The van der Waals surface area contributed by atoms with E-state index in [9.17, 15) is 0 Å². The van der Waals surface area contributed by atoms with Crippen LogP contribution in [0.15, 0.2) is 12.3 Å². The third kappa shape index (κ3) is 1.73. The number of hydrogen-bond acceptors (Lipinski definition) is 0. The fourth-order valence-corrected chi connectivity index (χ4v) is 2.69. The second-order valence-electron chi connectivity index (χ2n) is 3.14. The van der Waals surface area contributed by atoms with Crippen molar-refractivity contribution in [1.29, 1.82) is 0 Å². The molecule has 0 aliphatic carbocycles. The highest BCUT2D eigenvalue weighted by molar-refractivity contribution is 6.52. The highest BCUT2D eigenvalue weighted by Gasteiger charge is 2.22. The Labute approximate surface area is 117 Å². The molecule has 0 N–H and O–H groups in total. The van der Waals surface area contributed by atoms with Crippen LogP contribution in [0.4, 0.5) is 0 Å². The zero-order valence-electron chi connectivity index (χ0n) is 7.94. The molecule has 0 radical (unpaired) electrons. The number of nitrogens with zero attached hydrogens (tertiary/aromatic N) is 2. The van der Waals surface area contributed by atoms with E-state index >= 15 is 0 Å². The van der Waals surface area contributed by atoms with Gasteiger partial charge in [-0.1, -0.05) is 58.0 Å². The van der Waals surface area contributed by atoms with E-state index in [4.69, 9.17) is 58.0 Å². The van der Waals surface area contributed by atoms with Crippen LogP contribution in [0.25, 0.3) is 5.82 Å². The Morgan fingerprint density at radius 3 is 1.81 bits per heavy atom. The van der Waals surface area contributed by atoms with E-state index in [1.165, 1.54) is 4.57 Å². The lowest BCUT2D eigenvalue weighted by Crippen LogP contribution is -2.01. The van der Waals surface area contributed by atoms with Crippen LogP contribution in [0, 0.1) is 0 Å². The van der Waals surface area contributed by atoms with E-state index in [0.717, 1.165) is 0 Å². The Hall–Kier alpha value is 0.01000. The Bertz CT molecular complexity index is 510. The molecule has 2 aromatic heterocycles. The molecule has 0 aromatic carbocycles. The van der Waals surface area contributed by atoms with Crippen molar-refractivity contribution in [2.75, 3.05) is 0 Å². The van der Waals surface area contributed by atoms with E-state index in [-0.39, 0.29) is 20.4 Å². The quantitative estimate of drug-likeness (QED) is 0.694. The molecule has 0 aliphatic heterocycles. The largest absolute Gasteiger partial charge is 0.336 e. The third-order valence-corrected chi connectivity index (χ3v) is 4.19. The molecule has 0 bridgehead atoms. The zero-order valence-corrected chi connectivity index (χ0v) is 11.7. The summed E-state index contributed by atoms with van der Waals surface area (Å²) in [6.07, 6.45) is 1.78. The second-order valence-corrected chi connectivity index (χ2v) is 5.02. The highest BCUT2D eigenvalue weighted by Crippen LogP contribution is 2.42. The van der Waals surface area contributed by atoms with Gasteiger partial charge in [-0.2, -0.15) is 0 Å². The van der Waals surface area contributed by atoms with Crippen molar-refractivity contribution >= 4 is 58.0 Å². The second kappa shape index (κ2) is 4.35. The van der Waals surface area contributed by atoms with Gasteiger partial charge in [0.05, 0.1) is 15.1 Å². The Morgan fingerprint density at radius 1 is 0.938 bits per heavy atom. The number of rotatable bonds is 1. The molecular weight excluding hydrogens is 313 g/mol. The average Bonchev–Trinajstić information content (AvgIpc) is 2.65. The van der Waals surface area contributed by atoms with E-state index < -0.39 is 0 Å². The lowest BCUT2D eigenvalue weighted by atomic mass is 10.6. The van der Waals surface area contributed by atoms with Crippen LogP contribution in [0.1, 0.15) is 0 Å². The van der Waals surface area contributed by atoms with Crippen LogP contribution >= 0.6 is 58.0 Å². The minimum absolute atomic E-state index is 0.214. The molecule has 0 unspecified atom stereocenters. The maximum Gasteiger partial charge on any atom is 0.138 e. The van der Waals surface area contributed by atoms with Crippen LogP contribution < -0.4 is 0 Å². The third-order valence-electron chi connectivity index (χ3n) is 2.15. The van der Waals surface area contributed by atoms with E-state index in [0.29, 0.717) is 10.8 Å². The Balaban J connectivity index is 2.79. The van der Waals surface area contributed by atoms with Gasteiger partial charge in [0.1, 0.15) is 16.1 Å². The van der Waals surface area contributed by atoms with E-state index in [2.05, 4.69) is 0 Å². The molecule has 0 saturated heterocycles. The van der Waals surface area contributed by atoms with E-state index in [1.807, 2.05) is 7.05 Å². The van der Waals surface area contributed by atoms with Crippen molar-refractivity contribution in [3.05, 3.63) is 37.6 Å². The first-order valence-corrected chi connectivity index (χ1v) is 6.06. The van der Waals surface area contributed by atoms with Gasteiger partial charge >= 0.3 is 0 Å². The van der Waals surface area contributed by atoms with Gasteiger partial charge in [-0.15, -0.1) is 0 Å². The molecule has 16 heavy (non-hydrogen) atoms. The van der Waals surface area contributed by atoms with Gasteiger partial charge < -0.3 is 4.57 Å². The van der Waals surface area contributed by atoms with Gasteiger partial charge in [0.2, 0.25) is 0 Å². The lowest BCUT2D eigenvalue weighted by Gasteiger charge is -2.08. The molecule has 2 nitrogen and oxygen atoms in total. The summed E-state index contributed by atoms with van der Waals surface area (Å²) in [4.78, 5) is 0. The van der Waals surface area contributed by atoms with Crippen LogP contribution in [0.2, 0.25) is 25.4 Å². The molecule has 0 spiro atoms. The molecular formula is C9H5Cl5N2. The number of halogens is 5. The minimum Gasteiger partial charge on any atom is -0.336 e. The first-order valence-electron chi connectivity index (χ1n) is 4.17.